The van der Waals surface area contributed by atoms with Gasteiger partial charge in [0.1, 0.15) is 5.82 Å². The summed E-state index contributed by atoms with van der Waals surface area (Å²) < 4.78 is 0.490. The van der Waals surface area contributed by atoms with Gasteiger partial charge in [-0.25, -0.2) is 9.97 Å². The molecule has 0 bridgehead atoms. The lowest BCUT2D eigenvalue weighted by Crippen LogP contribution is -2.38. The number of aliphatic carboxylic acids is 1. The first kappa shape index (κ1) is 27.8. The number of carbonyl (C=O) groups is 2. The summed E-state index contributed by atoms with van der Waals surface area (Å²) in [6.45, 7) is 0.464. The molecular weight excluding hydrogens is 587 g/mol. The van der Waals surface area contributed by atoms with E-state index in [-0.39, 0.29) is 29.7 Å². The minimum atomic E-state index is -0.830. The number of aliphatic imine (C=N–C) groups is 1. The number of aryl methyl sites for hydroxylation is 2. The number of hydrogen-bond acceptors (Lipinski definition) is 8. The number of nitrogens with zero attached hydrogens (tertiary/aromatic N) is 4. The van der Waals surface area contributed by atoms with Crippen LogP contribution in [0.5, 0.6) is 0 Å². The number of unbranched alkanes of at least 4 members (excludes halogenated alkanes) is 1. The number of carboxylic acids is 1. The molecule has 194 valence electrons. The monoisotopic (exact) mass is 616 g/mol. The average Bonchev–Trinajstić information content (AvgIpc) is 2.88. The van der Waals surface area contributed by atoms with Gasteiger partial charge in [0.05, 0.1) is 12.1 Å². The first-order valence-electron chi connectivity index (χ1n) is 11.6. The van der Waals surface area contributed by atoms with Crippen molar-refractivity contribution >= 4 is 52.1 Å². The molecule has 1 aromatic carbocycles. The molecule has 12 heteroatoms. The second-order valence-electron chi connectivity index (χ2n) is 8.23. The van der Waals surface area contributed by atoms with Gasteiger partial charge in [-0.15, -0.1) is 0 Å². The van der Waals surface area contributed by atoms with Gasteiger partial charge in [0.15, 0.2) is 17.5 Å². The zero-order valence-electron chi connectivity index (χ0n) is 20.2. The van der Waals surface area contributed by atoms with E-state index in [0.717, 1.165) is 36.1 Å². The van der Waals surface area contributed by atoms with Gasteiger partial charge in [0.25, 0.3) is 5.91 Å². The maximum atomic E-state index is 12.4. The van der Waals surface area contributed by atoms with Crippen molar-refractivity contribution in [3.63, 3.8) is 0 Å². The maximum absolute atomic E-state index is 12.4. The molecule has 8 N–H and O–H groups in total. The van der Waals surface area contributed by atoms with Crippen LogP contribution in [0.3, 0.4) is 0 Å². The van der Waals surface area contributed by atoms with E-state index in [4.69, 9.17) is 22.3 Å². The second kappa shape index (κ2) is 13.5. The van der Waals surface area contributed by atoms with Crippen molar-refractivity contribution in [2.24, 2.45) is 10.7 Å². The lowest BCUT2D eigenvalue weighted by atomic mass is 10.0. The summed E-state index contributed by atoms with van der Waals surface area (Å²) in [7, 11) is 0. The molecule has 0 saturated carbocycles. The molecule has 0 atom stereocenters. The Morgan fingerprint density at radius 2 is 1.70 bits per heavy atom. The molecule has 0 unspecified atom stereocenters. The van der Waals surface area contributed by atoms with Gasteiger partial charge in [-0.2, -0.15) is 0 Å². The van der Waals surface area contributed by atoms with Crippen molar-refractivity contribution < 1.29 is 14.7 Å². The molecule has 11 nitrogen and oxygen atoms in total. The van der Waals surface area contributed by atoms with E-state index < -0.39 is 11.9 Å². The summed E-state index contributed by atoms with van der Waals surface area (Å²) >= 11 is 2.07. The summed E-state index contributed by atoms with van der Waals surface area (Å²) in [4.78, 5) is 39.8. The normalized spacial score (nSPS) is 11.3. The summed E-state index contributed by atoms with van der Waals surface area (Å²) in [5, 5.41) is 11.3. The largest absolute Gasteiger partial charge is 0.481 e. The third-order valence-electron chi connectivity index (χ3n) is 5.47. The number of pyridine rings is 1. The Kier molecular flexibility index (Phi) is 10.1. The highest BCUT2D eigenvalue weighted by Crippen LogP contribution is 2.20. The number of benzene rings is 1. The van der Waals surface area contributed by atoms with E-state index in [1.54, 1.807) is 6.20 Å². The van der Waals surface area contributed by atoms with Crippen LogP contribution in [-0.2, 0) is 22.1 Å². The molecule has 0 aliphatic heterocycles. The number of nitrogens with one attached hydrogen (secondary N) is 1. The Hall–Kier alpha value is -3.81. The van der Waals surface area contributed by atoms with Crippen molar-refractivity contribution in [2.75, 3.05) is 18.0 Å². The number of amides is 1. The number of nitrogen functional groups attached to an aromatic ring is 2. The fraction of sp³-hybridized carbons (Fsp3) is 0.280. The Morgan fingerprint density at radius 1 is 0.973 bits per heavy atom. The van der Waals surface area contributed by atoms with Crippen LogP contribution in [-0.4, -0.2) is 44.4 Å². The number of rotatable bonds is 11. The van der Waals surface area contributed by atoms with Gasteiger partial charge >= 0.3 is 5.97 Å². The standard InChI is InChI=1S/C25H29IN8O3/c26-13-19-22(27)33-23(28)21(32-19)24(37)34-25(29)30-12-2-1-3-15-4-6-16(7-5-15)17-8-9-18(31-14-17)10-11-20(35)36/h4-9,14H,1-3,10-13H2,(H,35,36)(H4,27,28,33)(H3,29,30,34,37). The molecule has 0 aliphatic rings. The van der Waals surface area contributed by atoms with Crippen LogP contribution in [0.25, 0.3) is 11.1 Å². The van der Waals surface area contributed by atoms with E-state index in [2.05, 4.69) is 60.0 Å². The molecule has 1 amide bonds. The molecule has 2 heterocycles. The number of halogens is 1. The zero-order valence-corrected chi connectivity index (χ0v) is 22.3. The first-order valence-corrected chi connectivity index (χ1v) is 13.1. The lowest BCUT2D eigenvalue weighted by Gasteiger charge is -2.09. The number of hydrogen-bond donors (Lipinski definition) is 5. The number of nitrogens with two attached hydrogens (primary N) is 3. The Balaban J connectivity index is 1.43. The Labute approximate surface area is 228 Å². The minimum Gasteiger partial charge on any atom is -0.481 e. The quantitative estimate of drug-likeness (QED) is 0.0708. The molecule has 0 fully saturated rings. The van der Waals surface area contributed by atoms with Crippen LogP contribution in [0.2, 0.25) is 0 Å². The number of anilines is 2. The van der Waals surface area contributed by atoms with Crippen molar-refractivity contribution in [2.45, 2.75) is 36.5 Å². The maximum Gasteiger partial charge on any atom is 0.303 e. The highest BCUT2D eigenvalue weighted by molar-refractivity contribution is 14.1. The third-order valence-corrected chi connectivity index (χ3v) is 6.19. The summed E-state index contributed by atoms with van der Waals surface area (Å²) in [5.74, 6) is -1.29. The van der Waals surface area contributed by atoms with Crippen molar-refractivity contribution in [1.82, 2.24) is 20.3 Å². The van der Waals surface area contributed by atoms with Crippen molar-refractivity contribution in [3.05, 3.63) is 65.2 Å². The molecular formula is C25H29IN8O3. The minimum absolute atomic E-state index is 0.00834. The van der Waals surface area contributed by atoms with Gasteiger partial charge in [0.2, 0.25) is 0 Å². The molecule has 3 rings (SSSR count). The van der Waals surface area contributed by atoms with Gasteiger partial charge in [0, 0.05) is 34.8 Å². The third kappa shape index (κ3) is 8.37. The highest BCUT2D eigenvalue weighted by Gasteiger charge is 2.17. The number of guanidine groups is 1. The van der Waals surface area contributed by atoms with E-state index >= 15 is 0 Å². The number of aromatic nitrogens is 3. The van der Waals surface area contributed by atoms with Gasteiger partial charge in [-0.1, -0.05) is 52.9 Å². The van der Waals surface area contributed by atoms with Crippen LogP contribution in [0.15, 0.2) is 47.6 Å². The molecule has 3 aromatic rings. The molecule has 37 heavy (non-hydrogen) atoms. The SMILES string of the molecule is NC(=NCCCCc1ccc(-c2ccc(CCC(=O)O)nc2)cc1)NC(=O)c1nc(CI)c(N)nc1N. The molecule has 0 spiro atoms. The van der Waals surface area contributed by atoms with Crippen molar-refractivity contribution in [1.29, 1.82) is 0 Å². The van der Waals surface area contributed by atoms with Gasteiger partial charge < -0.3 is 22.3 Å². The number of alkyl halides is 1. The van der Waals surface area contributed by atoms with E-state index in [0.29, 0.717) is 23.1 Å². The van der Waals surface area contributed by atoms with E-state index in [9.17, 15) is 9.59 Å². The topological polar surface area (TPSA) is 195 Å². The summed E-state index contributed by atoms with van der Waals surface area (Å²) in [6, 6.07) is 12.1. The van der Waals surface area contributed by atoms with Crippen LogP contribution in [0.1, 0.15) is 46.7 Å². The smallest absolute Gasteiger partial charge is 0.303 e. The van der Waals surface area contributed by atoms with Crippen LogP contribution >= 0.6 is 22.6 Å². The molecule has 2 aromatic heterocycles. The van der Waals surface area contributed by atoms with Crippen LogP contribution < -0.4 is 22.5 Å². The second-order valence-corrected chi connectivity index (χ2v) is 8.99. The molecule has 0 aliphatic carbocycles. The van der Waals surface area contributed by atoms with Crippen LogP contribution in [0.4, 0.5) is 11.6 Å². The zero-order chi connectivity index (χ0) is 26.8. The lowest BCUT2D eigenvalue weighted by molar-refractivity contribution is -0.136. The van der Waals surface area contributed by atoms with E-state index in [1.165, 1.54) is 5.56 Å². The average molecular weight is 616 g/mol. The Morgan fingerprint density at radius 3 is 2.35 bits per heavy atom. The first-order chi connectivity index (χ1) is 17.8. The summed E-state index contributed by atoms with van der Waals surface area (Å²) in [5.41, 5.74) is 21.8. The fourth-order valence-corrected chi connectivity index (χ4v) is 4.02. The van der Waals surface area contributed by atoms with Crippen molar-refractivity contribution in [3.8, 4) is 11.1 Å². The number of carboxylic acid groups (broad SMARTS) is 1. The van der Waals surface area contributed by atoms with Crippen LogP contribution in [0, 0.1) is 0 Å². The fourth-order valence-electron chi connectivity index (χ4n) is 3.46. The molecule has 0 saturated heterocycles. The number of carbonyl (C=O) groups excluding carboxylic acids is 1. The predicted octanol–water partition coefficient (Wildman–Crippen LogP) is 2.72. The van der Waals surface area contributed by atoms with Gasteiger partial charge in [-0.05, 0) is 36.5 Å². The summed E-state index contributed by atoms with van der Waals surface area (Å²) in [6.07, 6.45) is 4.83. The van der Waals surface area contributed by atoms with Gasteiger partial charge in [-0.3, -0.25) is 24.9 Å². The van der Waals surface area contributed by atoms with E-state index in [1.807, 2.05) is 24.3 Å². The highest BCUT2D eigenvalue weighted by atomic mass is 127. The predicted molar refractivity (Wildman–Crippen MR) is 151 cm³/mol. The molecule has 0 radical (unpaired) electrons. The Bertz CT molecular complexity index is 1260.